The molecule has 4 nitrogen and oxygen atoms in total. The molecule has 1 aliphatic rings. The molecule has 0 bridgehead atoms. The van der Waals surface area contributed by atoms with Gasteiger partial charge in [0.1, 0.15) is 0 Å². The monoisotopic (exact) mass is 258 g/mol. The van der Waals surface area contributed by atoms with Gasteiger partial charge in [-0.3, -0.25) is 0 Å². The summed E-state index contributed by atoms with van der Waals surface area (Å²) in [7, 11) is -4.64. The molecular formula is C7H12F2N2O2S2. The molecule has 0 heterocycles. The topological polar surface area (TPSA) is 72.2 Å². The molecule has 1 saturated carbocycles. The zero-order chi connectivity index (χ0) is 11.7. The molecule has 8 heteroatoms. The first-order valence-electron chi connectivity index (χ1n) is 4.41. The molecule has 1 fully saturated rings. The lowest BCUT2D eigenvalue weighted by Crippen LogP contribution is -2.55. The van der Waals surface area contributed by atoms with Gasteiger partial charge in [-0.05, 0) is 12.8 Å². The van der Waals surface area contributed by atoms with Crippen molar-refractivity contribution in [2.45, 2.75) is 37.0 Å². The van der Waals surface area contributed by atoms with E-state index in [1.54, 1.807) is 0 Å². The van der Waals surface area contributed by atoms with Crippen molar-refractivity contribution >= 4 is 27.2 Å². The molecule has 0 aliphatic heterocycles. The summed E-state index contributed by atoms with van der Waals surface area (Å²) in [5, 5.41) is 0. The fourth-order valence-corrected chi connectivity index (χ4v) is 2.96. The average Bonchev–Trinajstić information content (AvgIpc) is 2.53. The molecule has 3 N–H and O–H groups in total. The minimum atomic E-state index is -4.64. The van der Waals surface area contributed by atoms with Gasteiger partial charge in [0.05, 0.1) is 10.5 Å². The Morgan fingerprint density at radius 1 is 1.40 bits per heavy atom. The second-order valence-corrected chi connectivity index (χ2v) is 5.65. The van der Waals surface area contributed by atoms with Crippen LogP contribution in [0.2, 0.25) is 0 Å². The lowest BCUT2D eigenvalue weighted by molar-refractivity contribution is 0.230. The van der Waals surface area contributed by atoms with Crippen molar-refractivity contribution in [2.24, 2.45) is 5.73 Å². The van der Waals surface area contributed by atoms with Gasteiger partial charge in [-0.25, -0.2) is 8.42 Å². The summed E-state index contributed by atoms with van der Waals surface area (Å²) in [6.45, 7) is 0. The second-order valence-electron chi connectivity index (χ2n) is 3.56. The van der Waals surface area contributed by atoms with Crippen LogP contribution in [0.5, 0.6) is 0 Å². The smallest absolute Gasteiger partial charge is 0.350 e. The van der Waals surface area contributed by atoms with Crippen LogP contribution >= 0.6 is 12.2 Å². The fraction of sp³-hybridized carbons (Fsp3) is 0.857. The van der Waals surface area contributed by atoms with Crippen LogP contribution in [0.3, 0.4) is 0 Å². The number of thiocarbonyl (C=S) groups is 1. The number of alkyl halides is 2. The molecule has 1 aliphatic carbocycles. The predicted octanol–water partition coefficient (Wildman–Crippen LogP) is 0.727. The first kappa shape index (κ1) is 12.7. The number of halogens is 2. The highest BCUT2D eigenvalue weighted by molar-refractivity contribution is 7.90. The zero-order valence-corrected chi connectivity index (χ0v) is 9.51. The minimum absolute atomic E-state index is 0.0655. The standard InChI is InChI=1S/C7H12F2N2O2S2/c8-6(9)15(12,13)11-7(5(10)14)3-1-2-4-7/h6,11H,1-4H2,(H2,10,14). The Labute approximate surface area is 92.3 Å². The quantitative estimate of drug-likeness (QED) is 0.729. The van der Waals surface area contributed by atoms with Crippen molar-refractivity contribution in [2.75, 3.05) is 0 Å². The van der Waals surface area contributed by atoms with E-state index in [9.17, 15) is 17.2 Å². The number of nitrogens with two attached hydrogens (primary N) is 1. The van der Waals surface area contributed by atoms with E-state index >= 15 is 0 Å². The van der Waals surface area contributed by atoms with E-state index in [1.165, 1.54) is 0 Å². The van der Waals surface area contributed by atoms with Crippen LogP contribution in [0.15, 0.2) is 0 Å². The molecule has 0 spiro atoms. The van der Waals surface area contributed by atoms with Crippen LogP contribution in [0.4, 0.5) is 8.78 Å². The summed E-state index contributed by atoms with van der Waals surface area (Å²) >= 11 is 4.73. The van der Waals surface area contributed by atoms with E-state index in [-0.39, 0.29) is 4.99 Å². The SMILES string of the molecule is NC(=S)C1(NS(=O)(=O)C(F)F)CCCC1. The maximum absolute atomic E-state index is 12.2. The van der Waals surface area contributed by atoms with Crippen LogP contribution in [0.25, 0.3) is 0 Å². The van der Waals surface area contributed by atoms with E-state index in [0.717, 1.165) is 12.8 Å². The molecule has 0 unspecified atom stereocenters. The molecule has 88 valence electrons. The number of sulfonamides is 1. The Hall–Kier alpha value is -0.340. The maximum atomic E-state index is 12.2. The Bertz CT molecular complexity index is 350. The van der Waals surface area contributed by atoms with Crippen molar-refractivity contribution < 1.29 is 17.2 Å². The Balaban J connectivity index is 2.90. The van der Waals surface area contributed by atoms with Gasteiger partial charge in [-0.15, -0.1) is 0 Å². The Kier molecular flexibility index (Phi) is 3.62. The molecule has 0 radical (unpaired) electrons. The zero-order valence-electron chi connectivity index (χ0n) is 7.87. The van der Waals surface area contributed by atoms with E-state index in [0.29, 0.717) is 12.8 Å². The van der Waals surface area contributed by atoms with Crippen LogP contribution in [-0.2, 0) is 10.0 Å². The minimum Gasteiger partial charge on any atom is -0.392 e. The van der Waals surface area contributed by atoms with Crippen molar-refractivity contribution in [1.29, 1.82) is 0 Å². The molecule has 1 rings (SSSR count). The van der Waals surface area contributed by atoms with Crippen LogP contribution in [-0.4, -0.2) is 24.7 Å². The van der Waals surface area contributed by atoms with Gasteiger partial charge in [-0.1, -0.05) is 25.1 Å². The molecule has 0 amide bonds. The van der Waals surface area contributed by atoms with Crippen molar-refractivity contribution in [1.82, 2.24) is 4.72 Å². The number of rotatable bonds is 4. The highest BCUT2D eigenvalue weighted by Gasteiger charge is 2.42. The second kappa shape index (κ2) is 4.26. The number of hydrogen-bond acceptors (Lipinski definition) is 3. The molecule has 0 aromatic rings. The van der Waals surface area contributed by atoms with E-state index in [2.05, 4.69) is 0 Å². The highest BCUT2D eigenvalue weighted by Crippen LogP contribution is 2.31. The van der Waals surface area contributed by atoms with Crippen LogP contribution < -0.4 is 10.5 Å². The Morgan fingerprint density at radius 3 is 2.20 bits per heavy atom. The summed E-state index contributed by atoms with van der Waals surface area (Å²) in [4.78, 5) is -0.0655. The third-order valence-corrected chi connectivity index (χ3v) is 4.04. The average molecular weight is 258 g/mol. The van der Waals surface area contributed by atoms with Crippen LogP contribution in [0, 0.1) is 0 Å². The van der Waals surface area contributed by atoms with Crippen molar-refractivity contribution in [3.8, 4) is 0 Å². The molecule has 0 aromatic heterocycles. The summed E-state index contributed by atoms with van der Waals surface area (Å²) in [6, 6.07) is 0. The normalized spacial score (nSPS) is 20.7. The van der Waals surface area contributed by atoms with Gasteiger partial charge in [0.25, 0.3) is 10.0 Å². The van der Waals surface area contributed by atoms with E-state index in [4.69, 9.17) is 18.0 Å². The first-order chi connectivity index (χ1) is 6.80. The molecule has 0 aromatic carbocycles. The van der Waals surface area contributed by atoms with Crippen LogP contribution in [0.1, 0.15) is 25.7 Å². The predicted molar refractivity (Wildman–Crippen MR) is 56.0 cm³/mol. The van der Waals surface area contributed by atoms with Gasteiger partial charge in [0, 0.05) is 0 Å². The lowest BCUT2D eigenvalue weighted by atomic mass is 10.00. The first-order valence-corrected chi connectivity index (χ1v) is 6.36. The van der Waals surface area contributed by atoms with E-state index in [1.807, 2.05) is 4.72 Å². The lowest BCUT2D eigenvalue weighted by Gasteiger charge is -2.28. The summed E-state index contributed by atoms with van der Waals surface area (Å²) in [5.41, 5.74) is 4.25. The molecule has 0 atom stereocenters. The number of hydrogen-bond donors (Lipinski definition) is 2. The van der Waals surface area contributed by atoms with E-state index < -0.39 is 21.3 Å². The largest absolute Gasteiger partial charge is 0.392 e. The van der Waals surface area contributed by atoms with Crippen molar-refractivity contribution in [3.05, 3.63) is 0 Å². The van der Waals surface area contributed by atoms with Crippen molar-refractivity contribution in [3.63, 3.8) is 0 Å². The third kappa shape index (κ3) is 2.61. The molecular weight excluding hydrogens is 246 g/mol. The fourth-order valence-electron chi connectivity index (χ4n) is 1.69. The third-order valence-electron chi connectivity index (χ3n) is 2.50. The summed E-state index contributed by atoms with van der Waals surface area (Å²) in [6.07, 6.45) is 2.22. The number of nitrogens with one attached hydrogen (secondary N) is 1. The highest BCUT2D eigenvalue weighted by atomic mass is 32.2. The van der Waals surface area contributed by atoms with Gasteiger partial charge < -0.3 is 5.73 Å². The van der Waals surface area contributed by atoms with Gasteiger partial charge in [0.2, 0.25) is 0 Å². The molecule has 15 heavy (non-hydrogen) atoms. The summed E-state index contributed by atoms with van der Waals surface area (Å²) < 4.78 is 48.3. The van der Waals surface area contributed by atoms with Gasteiger partial charge >= 0.3 is 5.76 Å². The van der Waals surface area contributed by atoms with Gasteiger partial charge in [-0.2, -0.15) is 13.5 Å². The van der Waals surface area contributed by atoms with Gasteiger partial charge in [0.15, 0.2) is 0 Å². The molecule has 0 saturated heterocycles. The maximum Gasteiger partial charge on any atom is 0.350 e. The Morgan fingerprint density at radius 2 is 1.87 bits per heavy atom. The summed E-state index contributed by atoms with van der Waals surface area (Å²) in [5.74, 6) is -3.45.